The van der Waals surface area contributed by atoms with Crippen molar-refractivity contribution in [1.29, 1.82) is 0 Å². The molecule has 15 nitrogen and oxygen atoms in total. The van der Waals surface area contributed by atoms with Crippen molar-refractivity contribution in [1.82, 2.24) is 0 Å². The minimum absolute atomic E-state index is 0.0517. The maximum atomic E-state index is 12.8. The van der Waals surface area contributed by atoms with Crippen LogP contribution < -0.4 is 14.9 Å². The first-order valence-corrected chi connectivity index (χ1v) is 13.3. The molecule has 15 heteroatoms. The smallest absolute Gasteiger partial charge is 0.229 e. The molecule has 2 fully saturated rings. The molecule has 234 valence electrons. The number of benzene rings is 2. The van der Waals surface area contributed by atoms with Crippen molar-refractivity contribution in [3.63, 3.8) is 0 Å². The van der Waals surface area contributed by atoms with E-state index in [0.717, 1.165) is 12.1 Å². The monoisotopic (exact) mass is 608 g/mol. The molecule has 0 bridgehead atoms. The highest BCUT2D eigenvalue weighted by atomic mass is 16.7. The summed E-state index contributed by atoms with van der Waals surface area (Å²) in [6.07, 6.45) is -15.0. The van der Waals surface area contributed by atoms with Crippen LogP contribution in [0.15, 0.2) is 45.6 Å². The average Bonchev–Trinajstić information content (AvgIpc) is 2.97. The zero-order valence-corrected chi connectivity index (χ0v) is 22.9. The summed E-state index contributed by atoms with van der Waals surface area (Å²) in [5.41, 5.74) is -0.381. The molecule has 43 heavy (non-hydrogen) atoms. The van der Waals surface area contributed by atoms with Crippen LogP contribution in [0.4, 0.5) is 0 Å². The molecule has 0 saturated carbocycles. The Balaban J connectivity index is 1.36. The summed E-state index contributed by atoms with van der Waals surface area (Å²) in [6, 6.07) is 7.78. The van der Waals surface area contributed by atoms with Crippen molar-refractivity contribution in [2.45, 2.75) is 68.3 Å². The minimum Gasteiger partial charge on any atom is -0.507 e. The number of rotatable bonds is 7. The molecule has 3 aromatic rings. The number of methoxy groups -OCH3 is 1. The summed E-state index contributed by atoms with van der Waals surface area (Å²) in [6.45, 7) is 0.953. The molecule has 2 aromatic carbocycles. The van der Waals surface area contributed by atoms with Gasteiger partial charge in [0.25, 0.3) is 0 Å². The molecule has 3 heterocycles. The van der Waals surface area contributed by atoms with Gasteiger partial charge < -0.3 is 69.0 Å². The molecule has 0 spiro atoms. The average molecular weight is 609 g/mol. The Bertz CT molecular complexity index is 1510. The maximum Gasteiger partial charge on any atom is 0.229 e. The van der Waals surface area contributed by atoms with Crippen molar-refractivity contribution >= 4 is 11.0 Å². The van der Waals surface area contributed by atoms with Crippen LogP contribution in [0, 0.1) is 0 Å². The lowest BCUT2D eigenvalue weighted by molar-refractivity contribution is -0.318. The van der Waals surface area contributed by atoms with E-state index in [1.807, 2.05) is 0 Å². The minimum atomic E-state index is -1.78. The van der Waals surface area contributed by atoms with Crippen LogP contribution >= 0.6 is 0 Å². The highest BCUT2D eigenvalue weighted by Crippen LogP contribution is 2.35. The van der Waals surface area contributed by atoms with Gasteiger partial charge in [-0.05, 0) is 25.1 Å². The summed E-state index contributed by atoms with van der Waals surface area (Å²) in [5.74, 6) is -0.605. The van der Waals surface area contributed by atoms with E-state index < -0.39 is 79.2 Å². The number of fused-ring (bicyclic) bond motifs is 1. The second kappa shape index (κ2) is 12.2. The van der Waals surface area contributed by atoms with Gasteiger partial charge in [0.15, 0.2) is 23.2 Å². The Morgan fingerprint density at radius 1 is 0.791 bits per heavy atom. The first-order valence-electron chi connectivity index (χ1n) is 13.3. The van der Waals surface area contributed by atoms with E-state index in [1.54, 1.807) is 6.07 Å². The van der Waals surface area contributed by atoms with Gasteiger partial charge in [0, 0.05) is 23.8 Å². The van der Waals surface area contributed by atoms with Gasteiger partial charge >= 0.3 is 0 Å². The molecule has 2 aliphatic heterocycles. The maximum absolute atomic E-state index is 12.8. The van der Waals surface area contributed by atoms with E-state index in [-0.39, 0.29) is 34.0 Å². The summed E-state index contributed by atoms with van der Waals surface area (Å²) < 4.78 is 32.9. The number of hydrogen-bond donors (Lipinski definition) is 8. The number of phenolic OH excluding ortho intramolecular Hbond substituents is 2. The van der Waals surface area contributed by atoms with Crippen LogP contribution in [0.3, 0.4) is 0 Å². The second-order valence-electron chi connectivity index (χ2n) is 10.3. The predicted molar refractivity (Wildman–Crippen MR) is 143 cm³/mol. The molecule has 8 N–H and O–H groups in total. The molecule has 0 amide bonds. The third kappa shape index (κ3) is 5.99. The lowest BCUT2D eigenvalue weighted by Gasteiger charge is -2.42. The second-order valence-corrected chi connectivity index (χ2v) is 10.3. The van der Waals surface area contributed by atoms with Crippen LogP contribution in [0.2, 0.25) is 0 Å². The highest BCUT2D eigenvalue weighted by Gasteiger charge is 2.47. The van der Waals surface area contributed by atoms with E-state index in [0.29, 0.717) is 5.56 Å². The van der Waals surface area contributed by atoms with Crippen LogP contribution in [0.5, 0.6) is 23.0 Å². The SMILES string of the molecule is COc1ccc(-c2cc(=O)c3c(O)cc(O[C@@H]4O[C@H](CO[C@@H]5O[C@H](C)[C@H](O)[C@@H](O)[C@@H]5O)[C@@H](O)[C@@H](O)[C@H]4O)cc3o2)cc1O. The number of aliphatic hydroxyl groups excluding tert-OH is 6. The molecule has 2 aliphatic rings. The predicted octanol–water partition coefficient (Wildman–Crippen LogP) is -1.09. The van der Waals surface area contributed by atoms with Crippen molar-refractivity contribution in [3.8, 4) is 34.3 Å². The number of phenols is 2. The molecule has 5 rings (SSSR count). The van der Waals surface area contributed by atoms with Crippen LogP contribution in [0.1, 0.15) is 6.92 Å². The zero-order chi connectivity index (χ0) is 31.2. The molecular weight excluding hydrogens is 576 g/mol. The Hall–Kier alpha value is -3.51. The van der Waals surface area contributed by atoms with Crippen molar-refractivity contribution in [3.05, 3.63) is 46.6 Å². The Morgan fingerprint density at radius 2 is 1.49 bits per heavy atom. The van der Waals surface area contributed by atoms with Crippen LogP contribution in [-0.4, -0.2) is 116 Å². The fraction of sp³-hybridized carbons (Fsp3) is 0.464. The quantitative estimate of drug-likeness (QED) is 0.159. The third-order valence-electron chi connectivity index (χ3n) is 7.40. The van der Waals surface area contributed by atoms with Gasteiger partial charge in [0.1, 0.15) is 71.0 Å². The summed E-state index contributed by atoms with van der Waals surface area (Å²) in [7, 11) is 1.38. The summed E-state index contributed by atoms with van der Waals surface area (Å²) in [5, 5.41) is 82.0. The van der Waals surface area contributed by atoms with Gasteiger partial charge in [-0.2, -0.15) is 0 Å². The Kier molecular flexibility index (Phi) is 8.80. The van der Waals surface area contributed by atoms with E-state index in [4.69, 9.17) is 28.1 Å². The van der Waals surface area contributed by atoms with Crippen LogP contribution in [-0.2, 0) is 14.2 Å². The lowest BCUT2D eigenvalue weighted by Crippen LogP contribution is -2.61. The van der Waals surface area contributed by atoms with Crippen molar-refractivity contribution < 1.29 is 69.0 Å². The van der Waals surface area contributed by atoms with Crippen molar-refractivity contribution in [2.24, 2.45) is 0 Å². The fourth-order valence-electron chi connectivity index (χ4n) is 4.92. The number of aromatic hydroxyl groups is 2. The number of ether oxygens (including phenoxy) is 5. The standard InChI is InChI=1S/C28H32O15/c1-10-21(32)23(34)25(36)27(40-10)39-9-19-22(33)24(35)26(37)28(43-19)41-12-6-14(30)20-15(31)8-17(42-18(20)7-12)11-3-4-16(38-2)13(29)5-11/h3-8,10,19,21-30,32-37H,9H2,1-2H3/t10-,19-,21+,22-,23-,24-,25+,26-,27-,28-/m1/s1. The first kappa shape index (κ1) is 30.9. The molecule has 0 radical (unpaired) electrons. The van der Waals surface area contributed by atoms with E-state index in [2.05, 4.69) is 0 Å². The molecule has 10 atom stereocenters. The number of hydrogen-bond acceptors (Lipinski definition) is 15. The third-order valence-corrected chi connectivity index (χ3v) is 7.40. The van der Waals surface area contributed by atoms with Gasteiger partial charge in [-0.25, -0.2) is 0 Å². The van der Waals surface area contributed by atoms with Crippen LogP contribution in [0.25, 0.3) is 22.3 Å². The largest absolute Gasteiger partial charge is 0.507 e. The Labute approximate surface area is 243 Å². The molecule has 0 unspecified atom stereocenters. The fourth-order valence-corrected chi connectivity index (χ4v) is 4.92. The molecule has 0 aliphatic carbocycles. The summed E-state index contributed by atoms with van der Waals surface area (Å²) in [4.78, 5) is 12.8. The van der Waals surface area contributed by atoms with Crippen molar-refractivity contribution in [2.75, 3.05) is 13.7 Å². The first-order chi connectivity index (χ1) is 20.4. The summed E-state index contributed by atoms with van der Waals surface area (Å²) >= 11 is 0. The number of aliphatic hydroxyl groups is 6. The zero-order valence-electron chi connectivity index (χ0n) is 22.9. The highest BCUT2D eigenvalue weighted by molar-refractivity contribution is 5.86. The van der Waals surface area contributed by atoms with Gasteiger partial charge in [0.05, 0.1) is 19.8 Å². The van der Waals surface area contributed by atoms with Gasteiger partial charge in [-0.1, -0.05) is 0 Å². The van der Waals surface area contributed by atoms with Gasteiger partial charge in [-0.15, -0.1) is 0 Å². The van der Waals surface area contributed by atoms with Gasteiger partial charge in [-0.3, -0.25) is 4.79 Å². The molecule has 1 aromatic heterocycles. The Morgan fingerprint density at radius 3 is 2.19 bits per heavy atom. The normalized spacial score (nSPS) is 32.9. The topological polar surface area (TPSA) is 238 Å². The van der Waals surface area contributed by atoms with E-state index in [9.17, 15) is 45.6 Å². The van der Waals surface area contributed by atoms with E-state index in [1.165, 1.54) is 32.2 Å². The molecular formula is C28H32O15. The van der Waals surface area contributed by atoms with Gasteiger partial charge in [0.2, 0.25) is 6.29 Å². The molecule has 2 saturated heterocycles. The van der Waals surface area contributed by atoms with E-state index >= 15 is 0 Å². The lowest BCUT2D eigenvalue weighted by atomic mass is 9.98.